The van der Waals surface area contributed by atoms with Gasteiger partial charge in [0.05, 0.1) is 11.4 Å². The van der Waals surface area contributed by atoms with Crippen molar-refractivity contribution < 1.29 is 0 Å². The van der Waals surface area contributed by atoms with Gasteiger partial charge < -0.3 is 0 Å². The topological polar surface area (TPSA) is 65.4 Å². The van der Waals surface area contributed by atoms with Gasteiger partial charge in [0.25, 0.3) is 0 Å². The first-order chi connectivity index (χ1) is 13.4. The lowest BCUT2D eigenvalue weighted by molar-refractivity contribution is 0.561. The summed E-state index contributed by atoms with van der Waals surface area (Å²) < 4.78 is 0. The Bertz CT molecular complexity index is 794. The zero-order valence-corrected chi connectivity index (χ0v) is 18.3. The molecule has 5 nitrogen and oxygen atoms in total. The van der Waals surface area contributed by atoms with E-state index in [1.54, 1.807) is 0 Å². The molecule has 0 amide bonds. The molecule has 0 atom stereocenters. The molecule has 0 saturated heterocycles. The molecule has 0 radical (unpaired) electrons. The molecule has 0 fully saturated rings. The second-order valence-corrected chi connectivity index (χ2v) is 8.00. The number of hydrazone groups is 1. The van der Waals surface area contributed by atoms with Crippen LogP contribution in [0.5, 0.6) is 0 Å². The van der Waals surface area contributed by atoms with Crippen LogP contribution in [0, 0.1) is 0 Å². The number of nitrogens with one attached hydrogen (secondary N) is 2. The van der Waals surface area contributed by atoms with E-state index in [1.807, 2.05) is 18.2 Å². The van der Waals surface area contributed by atoms with Gasteiger partial charge in [-0.2, -0.15) is 10.2 Å². The van der Waals surface area contributed by atoms with Crippen LogP contribution in [-0.2, 0) is 11.8 Å². The van der Waals surface area contributed by atoms with Crippen LogP contribution >= 0.6 is 0 Å². The first-order valence-corrected chi connectivity index (χ1v) is 10.4. The van der Waals surface area contributed by atoms with Gasteiger partial charge in [-0.3, -0.25) is 15.5 Å². The van der Waals surface area contributed by atoms with Crippen molar-refractivity contribution in [1.29, 1.82) is 0 Å². The molecule has 2 rings (SSSR count). The number of hydrogen-bond donors (Lipinski definition) is 2. The van der Waals surface area contributed by atoms with E-state index in [0.29, 0.717) is 0 Å². The molecule has 1 aromatic carbocycles. The molecule has 0 saturated carbocycles. The largest absolute Gasteiger partial charge is 0.283 e. The number of aliphatic imine (C=N–C) groups is 1. The zero-order chi connectivity index (χ0) is 20.6. The van der Waals surface area contributed by atoms with Crippen molar-refractivity contribution in [3.8, 4) is 0 Å². The summed E-state index contributed by atoms with van der Waals surface area (Å²) in [4.78, 5) is 4.87. The number of aromatic nitrogens is 2. The summed E-state index contributed by atoms with van der Waals surface area (Å²) in [5.41, 5.74) is 8.60. The van der Waals surface area contributed by atoms with Crippen molar-refractivity contribution in [2.24, 2.45) is 10.1 Å². The predicted molar refractivity (Wildman–Crippen MR) is 121 cm³/mol. The van der Waals surface area contributed by atoms with E-state index in [2.05, 4.69) is 69.3 Å². The van der Waals surface area contributed by atoms with Gasteiger partial charge in [0.15, 0.2) is 5.82 Å². The van der Waals surface area contributed by atoms with E-state index in [4.69, 9.17) is 10.1 Å². The van der Waals surface area contributed by atoms with Gasteiger partial charge >= 0.3 is 0 Å². The van der Waals surface area contributed by atoms with Crippen molar-refractivity contribution in [1.82, 2.24) is 10.2 Å². The quantitative estimate of drug-likeness (QED) is 0.330. The van der Waals surface area contributed by atoms with E-state index in [0.717, 1.165) is 60.7 Å². The summed E-state index contributed by atoms with van der Waals surface area (Å²) in [6, 6.07) is 10.3. The first kappa shape index (κ1) is 21.9. The van der Waals surface area contributed by atoms with Crippen molar-refractivity contribution in [3.05, 3.63) is 47.2 Å². The fraction of sp³-hybridized carbons (Fsp3) is 0.522. The third-order valence-corrected chi connectivity index (χ3v) is 4.70. The Kier molecular flexibility index (Phi) is 7.97. The minimum Gasteiger partial charge on any atom is -0.283 e. The molecule has 2 N–H and O–H groups in total. The van der Waals surface area contributed by atoms with Crippen LogP contribution in [0.25, 0.3) is 0 Å². The average Bonchev–Trinajstić information content (AvgIpc) is 3.11. The van der Waals surface area contributed by atoms with Gasteiger partial charge in [0, 0.05) is 28.8 Å². The Morgan fingerprint density at radius 2 is 1.82 bits per heavy atom. The molecule has 0 aliphatic rings. The lowest BCUT2D eigenvalue weighted by atomic mass is 9.88. The standard InChI is InChI=1S/C23H35N5/c1-7-10-16-24-20(17-14-12-11-13-15-17)19(9-3)25-27-22-18(8-2)21(26-28-22)23(4,5)6/h11-15H,7-10,16H2,1-6H3,(H2,26,27,28). The van der Waals surface area contributed by atoms with E-state index < -0.39 is 0 Å². The highest BCUT2D eigenvalue weighted by molar-refractivity contribution is 6.48. The molecular weight excluding hydrogens is 346 g/mol. The summed E-state index contributed by atoms with van der Waals surface area (Å²) in [7, 11) is 0. The van der Waals surface area contributed by atoms with Crippen LogP contribution in [0.2, 0.25) is 0 Å². The highest BCUT2D eigenvalue weighted by Gasteiger charge is 2.22. The second kappa shape index (κ2) is 10.2. The highest BCUT2D eigenvalue weighted by Crippen LogP contribution is 2.28. The molecule has 0 spiro atoms. The Morgan fingerprint density at radius 1 is 1.11 bits per heavy atom. The molecule has 0 aliphatic heterocycles. The number of aromatic amines is 1. The van der Waals surface area contributed by atoms with Crippen LogP contribution < -0.4 is 5.43 Å². The maximum absolute atomic E-state index is 4.87. The van der Waals surface area contributed by atoms with E-state index >= 15 is 0 Å². The summed E-state index contributed by atoms with van der Waals surface area (Å²) in [5.74, 6) is 0.805. The SMILES string of the molecule is CCCCN=C(C(CC)=NNc1n[nH]c(C(C)(C)C)c1CC)c1ccccc1. The molecule has 1 aromatic heterocycles. The Balaban J connectivity index is 2.35. The minimum absolute atomic E-state index is 0.0202. The van der Waals surface area contributed by atoms with Crippen LogP contribution in [-0.4, -0.2) is 28.2 Å². The fourth-order valence-electron chi connectivity index (χ4n) is 3.14. The monoisotopic (exact) mass is 381 g/mol. The first-order valence-electron chi connectivity index (χ1n) is 10.4. The number of rotatable bonds is 9. The van der Waals surface area contributed by atoms with Gasteiger partial charge in [-0.15, -0.1) is 0 Å². The van der Waals surface area contributed by atoms with Crippen molar-refractivity contribution >= 4 is 17.2 Å². The molecule has 0 unspecified atom stereocenters. The van der Waals surface area contributed by atoms with Gasteiger partial charge in [0.2, 0.25) is 0 Å². The van der Waals surface area contributed by atoms with Gasteiger partial charge in [-0.25, -0.2) is 0 Å². The Labute approximate surface area is 169 Å². The van der Waals surface area contributed by atoms with E-state index in [1.165, 1.54) is 5.56 Å². The number of nitrogens with zero attached hydrogens (tertiary/aromatic N) is 3. The maximum atomic E-state index is 4.87. The second-order valence-electron chi connectivity index (χ2n) is 8.00. The van der Waals surface area contributed by atoms with Crippen LogP contribution in [0.15, 0.2) is 40.4 Å². The third-order valence-electron chi connectivity index (χ3n) is 4.70. The molecule has 2 aromatic rings. The molecule has 0 bridgehead atoms. The molecule has 0 aliphatic carbocycles. The van der Waals surface area contributed by atoms with Gasteiger partial charge in [-0.05, 0) is 19.3 Å². The summed E-state index contributed by atoms with van der Waals surface area (Å²) in [6.07, 6.45) is 3.91. The smallest absolute Gasteiger partial charge is 0.171 e. The number of hydrogen-bond acceptors (Lipinski definition) is 4. The molecular formula is C23H35N5. The maximum Gasteiger partial charge on any atom is 0.171 e. The van der Waals surface area contributed by atoms with Crippen molar-refractivity contribution in [2.45, 2.75) is 72.6 Å². The van der Waals surface area contributed by atoms with Gasteiger partial charge in [0.1, 0.15) is 0 Å². The summed E-state index contributed by atoms with van der Waals surface area (Å²) in [6.45, 7) is 13.8. The number of H-pyrrole nitrogens is 1. The Hall–Kier alpha value is -2.43. The van der Waals surface area contributed by atoms with Crippen LogP contribution in [0.1, 0.15) is 77.6 Å². The third kappa shape index (κ3) is 5.54. The van der Waals surface area contributed by atoms with Crippen LogP contribution in [0.3, 0.4) is 0 Å². The number of unbranched alkanes of at least 4 members (excludes halogenated alkanes) is 1. The average molecular weight is 382 g/mol. The normalized spacial score (nSPS) is 13.1. The highest BCUT2D eigenvalue weighted by atomic mass is 15.4. The molecule has 5 heteroatoms. The Morgan fingerprint density at radius 3 is 2.39 bits per heavy atom. The van der Waals surface area contributed by atoms with E-state index in [-0.39, 0.29) is 5.41 Å². The number of anilines is 1. The fourth-order valence-corrected chi connectivity index (χ4v) is 3.14. The molecule has 1 heterocycles. The van der Waals surface area contributed by atoms with Crippen molar-refractivity contribution in [3.63, 3.8) is 0 Å². The molecule has 152 valence electrons. The van der Waals surface area contributed by atoms with Crippen molar-refractivity contribution in [2.75, 3.05) is 12.0 Å². The molecule has 28 heavy (non-hydrogen) atoms. The number of benzene rings is 1. The summed E-state index contributed by atoms with van der Waals surface area (Å²) in [5, 5.41) is 12.4. The van der Waals surface area contributed by atoms with E-state index in [9.17, 15) is 0 Å². The zero-order valence-electron chi connectivity index (χ0n) is 18.3. The lowest BCUT2D eigenvalue weighted by Crippen LogP contribution is -2.18. The van der Waals surface area contributed by atoms with Gasteiger partial charge in [-0.1, -0.05) is 78.3 Å². The van der Waals surface area contributed by atoms with Crippen LogP contribution in [0.4, 0.5) is 5.82 Å². The lowest BCUT2D eigenvalue weighted by Gasteiger charge is -2.18. The summed E-state index contributed by atoms with van der Waals surface area (Å²) >= 11 is 0. The predicted octanol–water partition coefficient (Wildman–Crippen LogP) is 5.74. The minimum atomic E-state index is 0.0202.